The van der Waals surface area contributed by atoms with Gasteiger partial charge in [0, 0.05) is 25.0 Å². The molecule has 2 rings (SSSR count). The Morgan fingerprint density at radius 2 is 2.00 bits per heavy atom. The number of nitrogens with zero attached hydrogens (tertiary/aromatic N) is 2. The first kappa shape index (κ1) is 15.0. The van der Waals surface area contributed by atoms with Gasteiger partial charge in [-0.2, -0.15) is 0 Å². The number of hydrogen-bond acceptors (Lipinski definition) is 3. The topological polar surface area (TPSA) is 45.2 Å². The Hall–Kier alpha value is -2.36. The minimum Gasteiger partial charge on any atom is -0.383 e. The quantitative estimate of drug-likeness (QED) is 0.913. The fourth-order valence-electron chi connectivity index (χ4n) is 2.35. The number of rotatable bonds is 5. The summed E-state index contributed by atoms with van der Waals surface area (Å²) in [5.74, 6) is -0.00912. The van der Waals surface area contributed by atoms with Crippen molar-refractivity contribution >= 4 is 17.3 Å². The summed E-state index contributed by atoms with van der Waals surface area (Å²) in [4.78, 5) is 18.8. The van der Waals surface area contributed by atoms with Crippen LogP contribution in [0.5, 0.6) is 0 Å². The molecule has 4 heteroatoms. The van der Waals surface area contributed by atoms with Gasteiger partial charge in [-0.25, -0.2) is 0 Å². The molecular weight excluding hydrogens is 262 g/mol. The van der Waals surface area contributed by atoms with Gasteiger partial charge in [0.2, 0.25) is 0 Å². The van der Waals surface area contributed by atoms with Crippen LogP contribution in [0.15, 0.2) is 42.7 Å². The Labute approximate surface area is 125 Å². The molecule has 1 heterocycles. The van der Waals surface area contributed by atoms with Gasteiger partial charge < -0.3 is 10.2 Å². The summed E-state index contributed by atoms with van der Waals surface area (Å²) in [6.07, 6.45) is 3.35. The Morgan fingerprint density at radius 1 is 1.24 bits per heavy atom. The lowest BCUT2D eigenvalue weighted by Crippen LogP contribution is -2.31. The predicted octanol–water partition coefficient (Wildman–Crippen LogP) is 3.49. The van der Waals surface area contributed by atoms with E-state index >= 15 is 0 Å². The van der Waals surface area contributed by atoms with Gasteiger partial charge in [-0.3, -0.25) is 9.78 Å². The Kier molecular flexibility index (Phi) is 4.93. The van der Waals surface area contributed by atoms with Crippen molar-refractivity contribution in [2.75, 3.05) is 23.3 Å². The van der Waals surface area contributed by atoms with E-state index in [9.17, 15) is 4.79 Å². The molecule has 0 saturated heterocycles. The van der Waals surface area contributed by atoms with Crippen molar-refractivity contribution in [3.05, 3.63) is 53.9 Å². The van der Waals surface area contributed by atoms with E-state index in [0.29, 0.717) is 12.1 Å². The van der Waals surface area contributed by atoms with Crippen molar-refractivity contribution < 1.29 is 4.79 Å². The van der Waals surface area contributed by atoms with Crippen molar-refractivity contribution in [1.82, 2.24) is 4.98 Å². The fourth-order valence-corrected chi connectivity index (χ4v) is 2.35. The zero-order chi connectivity index (χ0) is 15.2. The normalized spacial score (nSPS) is 10.2. The molecule has 0 unspecified atom stereocenters. The summed E-state index contributed by atoms with van der Waals surface area (Å²) < 4.78 is 0. The van der Waals surface area contributed by atoms with E-state index < -0.39 is 0 Å². The van der Waals surface area contributed by atoms with Gasteiger partial charge in [0.1, 0.15) is 0 Å². The van der Waals surface area contributed by atoms with Crippen LogP contribution in [0.3, 0.4) is 0 Å². The average molecular weight is 283 g/mol. The number of carbonyl (C=O) groups excluding carboxylic acids is 1. The van der Waals surface area contributed by atoms with Crippen LogP contribution < -0.4 is 10.2 Å². The van der Waals surface area contributed by atoms with Crippen LogP contribution in [0.4, 0.5) is 11.4 Å². The maximum Gasteiger partial charge on any atom is 0.260 e. The third kappa shape index (κ3) is 3.21. The highest BCUT2D eigenvalue weighted by molar-refractivity contribution is 6.09. The van der Waals surface area contributed by atoms with Crippen LogP contribution in [0.25, 0.3) is 0 Å². The summed E-state index contributed by atoms with van der Waals surface area (Å²) in [7, 11) is 0. The average Bonchev–Trinajstić information content (AvgIpc) is 2.50. The van der Waals surface area contributed by atoms with Gasteiger partial charge in [0.15, 0.2) is 0 Å². The first-order chi connectivity index (χ1) is 10.2. The Bertz CT molecular complexity index is 625. The zero-order valence-corrected chi connectivity index (χ0v) is 12.8. The third-order valence-corrected chi connectivity index (χ3v) is 3.39. The number of pyridine rings is 1. The number of amides is 1. The number of benzene rings is 1. The molecule has 2 aromatic rings. The van der Waals surface area contributed by atoms with Crippen molar-refractivity contribution in [2.45, 2.75) is 20.8 Å². The van der Waals surface area contributed by atoms with Crippen LogP contribution in [0.1, 0.15) is 29.8 Å². The summed E-state index contributed by atoms with van der Waals surface area (Å²) in [6.45, 7) is 7.38. The van der Waals surface area contributed by atoms with Gasteiger partial charge in [0.25, 0.3) is 5.91 Å². The lowest BCUT2D eigenvalue weighted by molar-refractivity contribution is 0.0989. The molecule has 1 amide bonds. The number of aryl methyl sites for hydroxylation is 1. The van der Waals surface area contributed by atoms with Crippen LogP contribution in [-0.4, -0.2) is 24.0 Å². The summed E-state index contributed by atoms with van der Waals surface area (Å²) in [6, 6.07) is 9.69. The number of para-hydroxylation sites is 1. The van der Waals surface area contributed by atoms with Crippen molar-refractivity contribution in [2.24, 2.45) is 0 Å². The molecule has 0 saturated carbocycles. The standard InChI is InChI=1S/C17H21N3O/c1-4-19-15-12-18-11-10-14(15)17(21)20(5-2)16-9-7-6-8-13(16)3/h6-12,19H,4-5H2,1-3H3. The lowest BCUT2D eigenvalue weighted by atomic mass is 10.1. The molecule has 0 fully saturated rings. The largest absolute Gasteiger partial charge is 0.383 e. The van der Waals surface area contributed by atoms with E-state index in [1.54, 1.807) is 23.4 Å². The van der Waals surface area contributed by atoms with Gasteiger partial charge >= 0.3 is 0 Å². The molecule has 110 valence electrons. The predicted molar refractivity (Wildman–Crippen MR) is 86.9 cm³/mol. The highest BCUT2D eigenvalue weighted by Crippen LogP contribution is 2.23. The molecule has 21 heavy (non-hydrogen) atoms. The van der Waals surface area contributed by atoms with Gasteiger partial charge in [-0.15, -0.1) is 0 Å². The first-order valence-corrected chi connectivity index (χ1v) is 7.24. The number of carbonyl (C=O) groups is 1. The summed E-state index contributed by atoms with van der Waals surface area (Å²) in [5.41, 5.74) is 3.46. The van der Waals surface area contributed by atoms with Crippen molar-refractivity contribution in [3.8, 4) is 0 Å². The number of aromatic nitrogens is 1. The van der Waals surface area contributed by atoms with Crippen LogP contribution in [0, 0.1) is 6.92 Å². The molecule has 4 nitrogen and oxygen atoms in total. The summed E-state index contributed by atoms with van der Waals surface area (Å²) in [5, 5.41) is 3.19. The second-order valence-electron chi connectivity index (χ2n) is 4.79. The molecule has 1 N–H and O–H groups in total. The molecule has 0 radical (unpaired) electrons. The van der Waals surface area contributed by atoms with E-state index in [-0.39, 0.29) is 5.91 Å². The fraction of sp³-hybridized carbons (Fsp3) is 0.294. The van der Waals surface area contributed by atoms with Gasteiger partial charge in [-0.1, -0.05) is 18.2 Å². The maximum absolute atomic E-state index is 12.9. The maximum atomic E-state index is 12.9. The lowest BCUT2D eigenvalue weighted by Gasteiger charge is -2.24. The zero-order valence-electron chi connectivity index (χ0n) is 12.8. The first-order valence-electron chi connectivity index (χ1n) is 7.24. The molecular formula is C17H21N3O. The SMILES string of the molecule is CCNc1cnccc1C(=O)N(CC)c1ccccc1C. The van der Waals surface area contributed by atoms with Crippen LogP contribution >= 0.6 is 0 Å². The minimum absolute atomic E-state index is 0.00912. The monoisotopic (exact) mass is 283 g/mol. The highest BCUT2D eigenvalue weighted by Gasteiger charge is 2.20. The molecule has 0 spiro atoms. The number of nitrogens with one attached hydrogen (secondary N) is 1. The Balaban J connectivity index is 2.40. The number of hydrogen-bond donors (Lipinski definition) is 1. The molecule has 1 aromatic carbocycles. The number of anilines is 2. The van der Waals surface area contributed by atoms with E-state index in [4.69, 9.17) is 0 Å². The molecule has 0 atom stereocenters. The minimum atomic E-state index is -0.00912. The van der Waals surface area contributed by atoms with E-state index in [0.717, 1.165) is 23.5 Å². The second-order valence-corrected chi connectivity index (χ2v) is 4.79. The summed E-state index contributed by atoms with van der Waals surface area (Å²) >= 11 is 0. The third-order valence-electron chi connectivity index (χ3n) is 3.39. The second kappa shape index (κ2) is 6.88. The van der Waals surface area contributed by atoms with Crippen LogP contribution in [-0.2, 0) is 0 Å². The molecule has 0 aliphatic rings. The van der Waals surface area contributed by atoms with Crippen molar-refractivity contribution in [3.63, 3.8) is 0 Å². The molecule has 0 aliphatic carbocycles. The van der Waals surface area contributed by atoms with Gasteiger partial charge in [-0.05, 0) is 38.5 Å². The van der Waals surface area contributed by atoms with E-state index in [2.05, 4.69) is 10.3 Å². The van der Waals surface area contributed by atoms with Crippen LogP contribution in [0.2, 0.25) is 0 Å². The van der Waals surface area contributed by atoms with Crippen molar-refractivity contribution in [1.29, 1.82) is 0 Å². The molecule has 0 aliphatic heterocycles. The van der Waals surface area contributed by atoms with E-state index in [1.807, 2.05) is 45.0 Å². The van der Waals surface area contributed by atoms with E-state index in [1.165, 1.54) is 0 Å². The molecule has 0 bridgehead atoms. The highest BCUT2D eigenvalue weighted by atomic mass is 16.2. The van der Waals surface area contributed by atoms with Gasteiger partial charge in [0.05, 0.1) is 17.4 Å². The molecule has 1 aromatic heterocycles. The Morgan fingerprint density at radius 3 is 2.67 bits per heavy atom. The smallest absolute Gasteiger partial charge is 0.260 e.